The fraction of sp³-hybridized carbons (Fsp3) is 0. The first-order valence-corrected chi connectivity index (χ1v) is 12.3. The van der Waals surface area contributed by atoms with Gasteiger partial charge in [-0.05, 0) is 66.2 Å². The second-order valence-corrected chi connectivity index (χ2v) is 8.86. The highest BCUT2D eigenvalue weighted by Gasteiger charge is 2.10. The van der Waals surface area contributed by atoms with Gasteiger partial charge in [-0.3, -0.25) is 9.59 Å². The third kappa shape index (κ3) is 7.59. The Bertz CT molecular complexity index is 1500. The van der Waals surface area contributed by atoms with Crippen LogP contribution >= 0.6 is 15.9 Å². The maximum atomic E-state index is 12.6. The van der Waals surface area contributed by atoms with Crippen molar-refractivity contribution in [1.82, 2.24) is 5.43 Å². The molecule has 38 heavy (non-hydrogen) atoms. The van der Waals surface area contributed by atoms with E-state index in [1.807, 2.05) is 30.3 Å². The molecule has 4 aromatic carbocycles. The molecule has 0 aliphatic rings. The average molecular weight is 568 g/mol. The summed E-state index contributed by atoms with van der Waals surface area (Å²) in [6.07, 6.45) is 4.39. The predicted molar refractivity (Wildman–Crippen MR) is 151 cm³/mol. The summed E-state index contributed by atoms with van der Waals surface area (Å²) in [5.74, 6) is -1.01. The maximum absolute atomic E-state index is 12.6. The summed E-state index contributed by atoms with van der Waals surface area (Å²) in [6, 6.07) is 29.7. The lowest BCUT2D eigenvalue weighted by atomic mass is 10.1. The van der Waals surface area contributed by atoms with Crippen molar-refractivity contribution in [2.45, 2.75) is 0 Å². The number of rotatable bonds is 8. The lowest BCUT2D eigenvalue weighted by Crippen LogP contribution is -2.18. The number of hydrogen-bond donors (Lipinski definition) is 2. The highest BCUT2D eigenvalue weighted by atomic mass is 79.9. The van der Waals surface area contributed by atoms with Crippen LogP contribution in [0.4, 0.5) is 5.69 Å². The normalized spacial score (nSPS) is 10.9. The number of carbonyl (C=O) groups excluding carboxylic acids is 3. The van der Waals surface area contributed by atoms with Gasteiger partial charge in [0.1, 0.15) is 5.75 Å². The average Bonchev–Trinajstić information content (AvgIpc) is 2.94. The number of benzene rings is 4. The molecule has 0 radical (unpaired) electrons. The van der Waals surface area contributed by atoms with Crippen molar-refractivity contribution in [3.8, 4) is 5.75 Å². The Kier molecular flexibility index (Phi) is 8.93. The summed E-state index contributed by atoms with van der Waals surface area (Å²) in [5.41, 5.74) is 5.09. The molecule has 0 aliphatic heterocycles. The minimum atomic E-state index is -0.541. The summed E-state index contributed by atoms with van der Waals surface area (Å²) in [6.45, 7) is 0. The number of hydrazone groups is 1. The van der Waals surface area contributed by atoms with Gasteiger partial charge in [-0.25, -0.2) is 10.2 Å². The van der Waals surface area contributed by atoms with Crippen LogP contribution < -0.4 is 15.5 Å². The summed E-state index contributed by atoms with van der Waals surface area (Å²) in [7, 11) is 0. The second kappa shape index (κ2) is 12.9. The maximum Gasteiger partial charge on any atom is 0.336 e. The molecule has 0 atom stereocenters. The summed E-state index contributed by atoms with van der Waals surface area (Å²) in [4.78, 5) is 37.4. The molecule has 0 spiro atoms. The van der Waals surface area contributed by atoms with Crippen LogP contribution in [0.3, 0.4) is 0 Å². The van der Waals surface area contributed by atoms with Crippen molar-refractivity contribution in [3.63, 3.8) is 0 Å². The first kappa shape index (κ1) is 26.2. The molecule has 4 aromatic rings. The van der Waals surface area contributed by atoms with Crippen LogP contribution in [-0.2, 0) is 4.79 Å². The van der Waals surface area contributed by atoms with Crippen LogP contribution in [0, 0.1) is 0 Å². The zero-order valence-electron chi connectivity index (χ0n) is 20.0. The number of halogens is 1. The smallest absolute Gasteiger partial charge is 0.336 e. The van der Waals surface area contributed by atoms with Crippen molar-refractivity contribution in [2.75, 3.05) is 5.32 Å². The van der Waals surface area contributed by atoms with Gasteiger partial charge in [-0.15, -0.1) is 0 Å². The molecule has 7 nitrogen and oxygen atoms in total. The molecule has 0 bridgehead atoms. The summed E-state index contributed by atoms with van der Waals surface area (Å²) < 4.78 is 6.30. The van der Waals surface area contributed by atoms with Gasteiger partial charge in [0, 0.05) is 32.9 Å². The SMILES string of the molecule is O=C(/C=C/c1ccccc1)Oc1ccccc1C=NNC(=O)c1cccc(NC(=O)c2ccc(Br)cc2)c1. The Morgan fingerprint density at radius 3 is 2.29 bits per heavy atom. The predicted octanol–water partition coefficient (Wildman–Crippen LogP) is 6.08. The number of ether oxygens (including phenoxy) is 1. The number of carbonyl (C=O) groups is 3. The number of hydrogen-bond acceptors (Lipinski definition) is 5. The van der Waals surface area contributed by atoms with Gasteiger partial charge >= 0.3 is 5.97 Å². The van der Waals surface area contributed by atoms with Gasteiger partial charge < -0.3 is 10.1 Å². The number of anilines is 1. The van der Waals surface area contributed by atoms with Crippen LogP contribution in [0.15, 0.2) is 119 Å². The monoisotopic (exact) mass is 567 g/mol. The van der Waals surface area contributed by atoms with E-state index in [1.165, 1.54) is 12.3 Å². The van der Waals surface area contributed by atoms with Gasteiger partial charge in [-0.1, -0.05) is 64.5 Å². The van der Waals surface area contributed by atoms with Gasteiger partial charge in [0.15, 0.2) is 0 Å². The largest absolute Gasteiger partial charge is 0.423 e. The topological polar surface area (TPSA) is 96.9 Å². The zero-order chi connectivity index (χ0) is 26.7. The number of para-hydroxylation sites is 1. The quantitative estimate of drug-likeness (QED) is 0.0885. The Morgan fingerprint density at radius 2 is 1.50 bits per heavy atom. The molecule has 0 aromatic heterocycles. The van der Waals surface area contributed by atoms with Gasteiger partial charge in [0.25, 0.3) is 11.8 Å². The van der Waals surface area contributed by atoms with Crippen molar-refractivity contribution in [1.29, 1.82) is 0 Å². The molecule has 0 aliphatic carbocycles. The molecule has 2 N–H and O–H groups in total. The highest BCUT2D eigenvalue weighted by molar-refractivity contribution is 9.10. The fourth-order valence-corrected chi connectivity index (χ4v) is 3.58. The van der Waals surface area contributed by atoms with Crippen LogP contribution in [0.5, 0.6) is 5.75 Å². The molecular weight excluding hydrogens is 546 g/mol. The van der Waals surface area contributed by atoms with E-state index in [2.05, 4.69) is 31.8 Å². The minimum Gasteiger partial charge on any atom is -0.423 e. The lowest BCUT2D eigenvalue weighted by molar-refractivity contribution is -0.128. The van der Waals surface area contributed by atoms with Gasteiger partial charge in [0.2, 0.25) is 0 Å². The minimum absolute atomic E-state index is 0.294. The van der Waals surface area contributed by atoms with Gasteiger partial charge in [-0.2, -0.15) is 5.10 Å². The van der Waals surface area contributed by atoms with Gasteiger partial charge in [0.05, 0.1) is 6.21 Å². The molecule has 0 unspecified atom stereocenters. The van der Waals surface area contributed by atoms with E-state index in [-0.39, 0.29) is 5.91 Å². The van der Waals surface area contributed by atoms with Crippen molar-refractivity contribution < 1.29 is 19.1 Å². The highest BCUT2D eigenvalue weighted by Crippen LogP contribution is 2.17. The first-order chi connectivity index (χ1) is 18.5. The molecule has 0 heterocycles. The van der Waals surface area contributed by atoms with Crippen molar-refractivity contribution >= 4 is 51.7 Å². The number of nitrogens with one attached hydrogen (secondary N) is 2. The van der Waals surface area contributed by atoms with E-state index in [4.69, 9.17) is 4.74 Å². The summed E-state index contributed by atoms with van der Waals surface area (Å²) in [5, 5.41) is 6.77. The third-order valence-electron chi connectivity index (χ3n) is 5.20. The first-order valence-electron chi connectivity index (χ1n) is 11.5. The standard InChI is InChI=1S/C30H22BrN3O4/c31-25-16-14-22(15-17-25)29(36)33-26-11-6-10-23(19-26)30(37)34-32-20-24-9-4-5-12-27(24)38-28(35)18-13-21-7-2-1-3-8-21/h1-20H,(H,33,36)(H,34,37)/b18-13+,32-20?. The Morgan fingerprint density at radius 1 is 0.763 bits per heavy atom. The van der Waals surface area contributed by atoms with Crippen LogP contribution in [0.2, 0.25) is 0 Å². The zero-order valence-corrected chi connectivity index (χ0v) is 21.6. The summed E-state index contributed by atoms with van der Waals surface area (Å²) >= 11 is 3.34. The van der Waals surface area contributed by atoms with Crippen LogP contribution in [-0.4, -0.2) is 24.0 Å². The number of esters is 1. The molecular formula is C30H22BrN3O4. The van der Waals surface area contributed by atoms with Crippen molar-refractivity contribution in [3.05, 3.63) is 136 Å². The van der Waals surface area contributed by atoms with E-state index < -0.39 is 11.9 Å². The molecule has 188 valence electrons. The lowest BCUT2D eigenvalue weighted by Gasteiger charge is -2.07. The third-order valence-corrected chi connectivity index (χ3v) is 5.73. The number of amides is 2. The molecule has 0 saturated heterocycles. The van der Waals surface area contributed by atoms with Crippen molar-refractivity contribution in [2.24, 2.45) is 5.10 Å². The van der Waals surface area contributed by atoms with Crippen LogP contribution in [0.25, 0.3) is 6.08 Å². The Hall–Kier alpha value is -4.82. The Balaban J connectivity index is 1.36. The molecule has 2 amide bonds. The van der Waals surface area contributed by atoms with Crippen LogP contribution in [0.1, 0.15) is 31.8 Å². The molecule has 0 saturated carbocycles. The van der Waals surface area contributed by atoms with E-state index in [0.717, 1.165) is 10.0 Å². The van der Waals surface area contributed by atoms with E-state index in [9.17, 15) is 14.4 Å². The van der Waals surface area contributed by atoms with E-state index in [0.29, 0.717) is 28.1 Å². The van der Waals surface area contributed by atoms with E-state index in [1.54, 1.807) is 78.9 Å². The van der Waals surface area contributed by atoms with E-state index >= 15 is 0 Å². The Labute approximate surface area is 228 Å². The molecule has 8 heteroatoms. The molecule has 4 rings (SSSR count). The second-order valence-electron chi connectivity index (χ2n) is 7.94. The number of nitrogens with zero attached hydrogens (tertiary/aromatic N) is 1. The fourth-order valence-electron chi connectivity index (χ4n) is 3.32. The molecule has 0 fully saturated rings.